The van der Waals surface area contributed by atoms with Gasteiger partial charge in [0, 0.05) is 19.4 Å². The molecule has 54 heavy (non-hydrogen) atoms. The lowest BCUT2D eigenvalue weighted by Crippen LogP contribution is -2.30. The van der Waals surface area contributed by atoms with E-state index >= 15 is 0 Å². The summed E-state index contributed by atoms with van der Waals surface area (Å²) in [5.74, 6) is -0.407. The van der Waals surface area contributed by atoms with Gasteiger partial charge in [-0.2, -0.15) is 0 Å². The summed E-state index contributed by atoms with van der Waals surface area (Å²) >= 11 is 0. The molecule has 1 atom stereocenters. The van der Waals surface area contributed by atoms with Gasteiger partial charge in [0.25, 0.3) is 0 Å². The van der Waals surface area contributed by atoms with E-state index in [1.54, 1.807) is 0 Å². The maximum atomic E-state index is 12.7. The summed E-state index contributed by atoms with van der Waals surface area (Å²) in [7, 11) is 0. The van der Waals surface area contributed by atoms with E-state index in [2.05, 4.69) is 45.1 Å². The molecule has 0 heterocycles. The molecule has 0 aromatic carbocycles. The first-order valence-electron chi connectivity index (χ1n) is 23.9. The first-order valence-corrected chi connectivity index (χ1v) is 23.9. The van der Waals surface area contributed by atoms with Crippen molar-refractivity contribution in [1.82, 2.24) is 0 Å². The molecule has 0 fully saturated rings. The van der Waals surface area contributed by atoms with Crippen LogP contribution in [0.5, 0.6) is 0 Å². The van der Waals surface area contributed by atoms with E-state index in [1.807, 2.05) is 0 Å². The maximum Gasteiger partial charge on any atom is 0.306 e. The highest BCUT2D eigenvalue weighted by Gasteiger charge is 2.17. The van der Waals surface area contributed by atoms with Gasteiger partial charge in [0.15, 0.2) is 6.10 Å². The van der Waals surface area contributed by atoms with Gasteiger partial charge in [-0.15, -0.1) is 0 Å². The molecule has 0 rings (SSSR count). The Kier molecular flexibility index (Phi) is 44.4. The number of allylic oxidation sites excluding steroid dienone is 4. The first-order chi connectivity index (χ1) is 26.6. The van der Waals surface area contributed by atoms with Crippen molar-refractivity contribution >= 4 is 11.9 Å². The summed E-state index contributed by atoms with van der Waals surface area (Å²) in [6.45, 7) is 7.80. The van der Waals surface area contributed by atoms with E-state index in [9.17, 15) is 9.59 Å². The number of unbranched alkanes of at least 4 members (excludes halogenated alkanes) is 29. The summed E-state index contributed by atoms with van der Waals surface area (Å²) in [6.07, 6.45) is 51.7. The smallest absolute Gasteiger partial charge is 0.306 e. The van der Waals surface area contributed by atoms with Crippen LogP contribution in [-0.2, 0) is 23.8 Å². The predicted octanol–water partition coefficient (Wildman–Crippen LogP) is 15.7. The van der Waals surface area contributed by atoms with E-state index in [4.69, 9.17) is 14.2 Å². The lowest BCUT2D eigenvalue weighted by Gasteiger charge is -2.18. The molecular formula is C49H92O5. The normalized spacial score (nSPS) is 12.3. The van der Waals surface area contributed by atoms with Gasteiger partial charge >= 0.3 is 11.9 Å². The maximum absolute atomic E-state index is 12.7. The third-order valence-corrected chi connectivity index (χ3v) is 10.5. The SMILES string of the molecule is CCCC/C=C\CCCCCCCC(=O)OC(COCCCCCCCCCCCCCC)COC(=O)CCCCCCC/C=C\CCCCCCCC. The van der Waals surface area contributed by atoms with E-state index in [0.29, 0.717) is 19.4 Å². The number of rotatable bonds is 44. The molecule has 5 nitrogen and oxygen atoms in total. The highest BCUT2D eigenvalue weighted by atomic mass is 16.6. The van der Waals surface area contributed by atoms with Gasteiger partial charge in [-0.1, -0.05) is 199 Å². The molecule has 0 spiro atoms. The average molecular weight is 761 g/mol. The quantitative estimate of drug-likeness (QED) is 0.0352. The molecule has 0 amide bonds. The fourth-order valence-corrected chi connectivity index (χ4v) is 6.84. The lowest BCUT2D eigenvalue weighted by atomic mass is 10.1. The summed E-state index contributed by atoms with van der Waals surface area (Å²) < 4.78 is 17.3. The van der Waals surface area contributed by atoms with Gasteiger partial charge in [0.1, 0.15) is 6.61 Å². The molecule has 0 aliphatic carbocycles. The van der Waals surface area contributed by atoms with Crippen LogP contribution in [0.25, 0.3) is 0 Å². The van der Waals surface area contributed by atoms with Crippen molar-refractivity contribution in [2.75, 3.05) is 19.8 Å². The summed E-state index contributed by atoms with van der Waals surface area (Å²) in [5.41, 5.74) is 0. The molecule has 0 aromatic heterocycles. The summed E-state index contributed by atoms with van der Waals surface area (Å²) in [4.78, 5) is 25.2. The zero-order valence-corrected chi connectivity index (χ0v) is 36.5. The number of ether oxygens (including phenoxy) is 3. The Hall–Kier alpha value is -1.62. The van der Waals surface area contributed by atoms with Crippen LogP contribution in [0.2, 0.25) is 0 Å². The average Bonchev–Trinajstić information content (AvgIpc) is 3.17. The second kappa shape index (κ2) is 45.8. The van der Waals surface area contributed by atoms with Gasteiger partial charge in [-0.25, -0.2) is 0 Å². The Labute approximate surface area is 337 Å². The third kappa shape index (κ3) is 43.1. The topological polar surface area (TPSA) is 61.8 Å². The third-order valence-electron chi connectivity index (χ3n) is 10.5. The van der Waals surface area contributed by atoms with Crippen LogP contribution >= 0.6 is 0 Å². The molecule has 0 aliphatic heterocycles. The lowest BCUT2D eigenvalue weighted by molar-refractivity contribution is -0.163. The molecular weight excluding hydrogens is 669 g/mol. The number of carbonyl (C=O) groups excluding carboxylic acids is 2. The van der Waals surface area contributed by atoms with Crippen molar-refractivity contribution in [3.05, 3.63) is 24.3 Å². The Morgan fingerprint density at radius 1 is 0.389 bits per heavy atom. The molecule has 0 saturated carbocycles. The predicted molar refractivity (Wildman–Crippen MR) is 233 cm³/mol. The number of carbonyl (C=O) groups is 2. The molecule has 0 aliphatic rings. The van der Waals surface area contributed by atoms with E-state index < -0.39 is 6.10 Å². The van der Waals surface area contributed by atoms with Crippen LogP contribution in [0.1, 0.15) is 252 Å². The van der Waals surface area contributed by atoms with E-state index in [-0.39, 0.29) is 25.2 Å². The number of hydrogen-bond acceptors (Lipinski definition) is 5. The van der Waals surface area contributed by atoms with Crippen molar-refractivity contribution in [2.24, 2.45) is 0 Å². The van der Waals surface area contributed by atoms with Gasteiger partial charge in [0.2, 0.25) is 0 Å². The fourth-order valence-electron chi connectivity index (χ4n) is 6.84. The van der Waals surface area contributed by atoms with Gasteiger partial charge in [-0.05, 0) is 64.2 Å². The fraction of sp³-hybridized carbons (Fsp3) is 0.878. The zero-order chi connectivity index (χ0) is 39.3. The molecule has 318 valence electrons. The molecule has 0 bridgehead atoms. The number of hydrogen-bond donors (Lipinski definition) is 0. The Morgan fingerprint density at radius 3 is 1.19 bits per heavy atom. The summed E-state index contributed by atoms with van der Waals surface area (Å²) in [5, 5.41) is 0. The minimum atomic E-state index is -0.535. The molecule has 5 heteroatoms. The van der Waals surface area contributed by atoms with E-state index in [1.165, 1.54) is 161 Å². The largest absolute Gasteiger partial charge is 0.462 e. The Morgan fingerprint density at radius 2 is 0.741 bits per heavy atom. The van der Waals surface area contributed by atoms with Crippen LogP contribution in [0, 0.1) is 0 Å². The molecule has 0 radical (unpaired) electrons. The zero-order valence-electron chi connectivity index (χ0n) is 36.5. The second-order valence-corrected chi connectivity index (χ2v) is 16.0. The van der Waals surface area contributed by atoms with Gasteiger partial charge in [-0.3, -0.25) is 9.59 Å². The molecule has 0 saturated heterocycles. The minimum Gasteiger partial charge on any atom is -0.462 e. The van der Waals surface area contributed by atoms with Gasteiger partial charge < -0.3 is 14.2 Å². The highest BCUT2D eigenvalue weighted by molar-refractivity contribution is 5.70. The summed E-state index contributed by atoms with van der Waals surface area (Å²) in [6, 6.07) is 0. The van der Waals surface area contributed by atoms with Crippen molar-refractivity contribution in [3.8, 4) is 0 Å². The van der Waals surface area contributed by atoms with Crippen LogP contribution in [0.3, 0.4) is 0 Å². The van der Waals surface area contributed by atoms with Crippen LogP contribution in [0.15, 0.2) is 24.3 Å². The van der Waals surface area contributed by atoms with Crippen molar-refractivity contribution < 1.29 is 23.8 Å². The van der Waals surface area contributed by atoms with Crippen LogP contribution < -0.4 is 0 Å². The van der Waals surface area contributed by atoms with Crippen molar-refractivity contribution in [2.45, 2.75) is 258 Å². The van der Waals surface area contributed by atoms with Gasteiger partial charge in [0.05, 0.1) is 6.61 Å². The second-order valence-electron chi connectivity index (χ2n) is 16.0. The van der Waals surface area contributed by atoms with Crippen molar-refractivity contribution in [1.29, 1.82) is 0 Å². The minimum absolute atomic E-state index is 0.0832. The first kappa shape index (κ1) is 52.4. The van der Waals surface area contributed by atoms with Crippen molar-refractivity contribution in [3.63, 3.8) is 0 Å². The van der Waals surface area contributed by atoms with E-state index in [0.717, 1.165) is 57.8 Å². The number of esters is 2. The Balaban J connectivity index is 4.23. The van der Waals surface area contributed by atoms with Crippen LogP contribution in [-0.4, -0.2) is 37.9 Å². The van der Waals surface area contributed by atoms with Crippen LogP contribution in [0.4, 0.5) is 0 Å². The molecule has 0 aromatic rings. The molecule has 0 N–H and O–H groups in total. The standard InChI is InChI=1S/C49H92O5/c1-4-7-10-13-16-19-22-24-25-26-28-30-33-36-39-42-48(50)53-46-47(45-52-44-41-38-35-32-29-23-20-17-14-11-8-5-2)54-49(51)43-40-37-34-31-27-21-18-15-12-9-6-3/h15,18,24-25,47H,4-14,16-17,19-23,26-46H2,1-3H3/b18-15-,25-24-. The monoisotopic (exact) mass is 761 g/mol. The Bertz CT molecular complexity index is 821. The molecule has 1 unspecified atom stereocenters. The highest BCUT2D eigenvalue weighted by Crippen LogP contribution is 2.14.